The van der Waals surface area contributed by atoms with Crippen molar-refractivity contribution in [3.8, 4) is 0 Å². The monoisotopic (exact) mass is 301 g/mol. The second-order valence-electron chi connectivity index (χ2n) is 4.98. The number of carbonyl (C=O) groups is 1. The van der Waals surface area contributed by atoms with Crippen LogP contribution in [0.25, 0.3) is 0 Å². The zero-order chi connectivity index (χ0) is 15.5. The van der Waals surface area contributed by atoms with Crippen molar-refractivity contribution in [2.75, 3.05) is 25.0 Å². The maximum atomic E-state index is 12.9. The highest BCUT2D eigenvalue weighted by Gasteiger charge is 2.34. The van der Waals surface area contributed by atoms with Gasteiger partial charge in [-0.2, -0.15) is 13.2 Å². The van der Waals surface area contributed by atoms with Gasteiger partial charge in [-0.05, 0) is 18.6 Å². The Bertz CT molecular complexity index is 500. The molecular formula is C14H18F3N3O. The van der Waals surface area contributed by atoms with Crippen LogP contribution in [0.15, 0.2) is 24.3 Å². The second kappa shape index (κ2) is 6.34. The summed E-state index contributed by atoms with van der Waals surface area (Å²) in [7, 11) is 0. The Kier molecular flexibility index (Phi) is 4.72. The topological polar surface area (TPSA) is 44.4 Å². The Morgan fingerprint density at radius 2 is 2.05 bits per heavy atom. The molecule has 0 radical (unpaired) electrons. The predicted molar refractivity (Wildman–Crippen MR) is 74.1 cm³/mol. The van der Waals surface area contributed by atoms with Gasteiger partial charge in [0.05, 0.1) is 17.3 Å². The van der Waals surface area contributed by atoms with E-state index in [-0.39, 0.29) is 11.7 Å². The maximum Gasteiger partial charge on any atom is 0.418 e. The molecule has 4 nitrogen and oxygen atoms in total. The summed E-state index contributed by atoms with van der Waals surface area (Å²) < 4.78 is 38.7. The molecule has 0 aliphatic carbocycles. The largest absolute Gasteiger partial charge is 0.418 e. The van der Waals surface area contributed by atoms with E-state index >= 15 is 0 Å². The summed E-state index contributed by atoms with van der Waals surface area (Å²) in [5, 5.41) is 5.44. The lowest BCUT2D eigenvalue weighted by Gasteiger charge is -2.38. The van der Waals surface area contributed by atoms with Crippen molar-refractivity contribution in [1.82, 2.24) is 10.2 Å². The van der Waals surface area contributed by atoms with E-state index in [9.17, 15) is 18.0 Å². The molecule has 0 atom stereocenters. The highest BCUT2D eigenvalue weighted by molar-refractivity contribution is 5.90. The summed E-state index contributed by atoms with van der Waals surface area (Å²) in [6, 6.07) is 4.56. The highest BCUT2D eigenvalue weighted by atomic mass is 19.4. The van der Waals surface area contributed by atoms with E-state index in [4.69, 9.17) is 0 Å². The molecule has 1 saturated heterocycles. The molecule has 1 heterocycles. The Hall–Kier alpha value is -1.76. The van der Waals surface area contributed by atoms with Gasteiger partial charge in [-0.15, -0.1) is 0 Å². The van der Waals surface area contributed by atoms with Crippen molar-refractivity contribution in [2.45, 2.75) is 25.6 Å². The van der Waals surface area contributed by atoms with Crippen LogP contribution in [0.3, 0.4) is 0 Å². The van der Waals surface area contributed by atoms with Gasteiger partial charge >= 0.3 is 12.2 Å². The van der Waals surface area contributed by atoms with E-state index < -0.39 is 17.8 Å². The van der Waals surface area contributed by atoms with E-state index in [1.807, 2.05) is 6.92 Å². The van der Waals surface area contributed by atoms with Crippen LogP contribution in [0, 0.1) is 0 Å². The van der Waals surface area contributed by atoms with Crippen molar-refractivity contribution >= 4 is 11.7 Å². The number of hydrogen-bond acceptors (Lipinski definition) is 2. The fourth-order valence-corrected chi connectivity index (χ4v) is 2.21. The summed E-state index contributed by atoms with van der Waals surface area (Å²) in [6.45, 7) is 3.80. The molecule has 1 aromatic rings. The van der Waals surface area contributed by atoms with Gasteiger partial charge in [-0.3, -0.25) is 0 Å². The van der Waals surface area contributed by atoms with Crippen molar-refractivity contribution < 1.29 is 18.0 Å². The number of benzene rings is 1. The third-order valence-electron chi connectivity index (χ3n) is 3.40. The molecule has 1 aliphatic rings. The zero-order valence-corrected chi connectivity index (χ0v) is 11.7. The third-order valence-corrected chi connectivity index (χ3v) is 3.40. The molecule has 7 heteroatoms. The molecule has 2 amide bonds. The zero-order valence-electron chi connectivity index (χ0n) is 11.7. The van der Waals surface area contributed by atoms with Gasteiger partial charge in [0.25, 0.3) is 0 Å². The summed E-state index contributed by atoms with van der Waals surface area (Å²) in [5.74, 6) is 0. The van der Waals surface area contributed by atoms with Gasteiger partial charge in [-0.25, -0.2) is 4.79 Å². The number of nitrogens with zero attached hydrogens (tertiary/aromatic N) is 1. The molecule has 0 unspecified atom stereocenters. The predicted octanol–water partition coefficient (Wildman–Crippen LogP) is 2.92. The summed E-state index contributed by atoms with van der Waals surface area (Å²) in [6.07, 6.45) is -3.73. The molecule has 21 heavy (non-hydrogen) atoms. The van der Waals surface area contributed by atoms with Crippen molar-refractivity contribution in [3.05, 3.63) is 29.8 Å². The fraction of sp³-hybridized carbons (Fsp3) is 0.500. The third kappa shape index (κ3) is 3.66. The number of halogens is 3. The lowest BCUT2D eigenvalue weighted by Crippen LogP contribution is -2.59. The second-order valence-corrected chi connectivity index (χ2v) is 4.98. The first-order valence-corrected chi connectivity index (χ1v) is 6.88. The molecule has 1 aliphatic heterocycles. The molecule has 0 aromatic heterocycles. The van der Waals surface area contributed by atoms with E-state index in [2.05, 4.69) is 10.6 Å². The number of urea groups is 1. The standard InChI is InChI=1S/C14H18F3N3O/c1-2-7-20(10-8-18-9-10)13(21)19-12-6-4-3-5-11(12)14(15,16)17/h3-6,10,18H,2,7-9H2,1H3,(H,19,21). The van der Waals surface area contributed by atoms with Crippen molar-refractivity contribution in [1.29, 1.82) is 0 Å². The number of amides is 2. The quantitative estimate of drug-likeness (QED) is 0.898. The van der Waals surface area contributed by atoms with Crippen LogP contribution in [0.1, 0.15) is 18.9 Å². The summed E-state index contributed by atoms with van der Waals surface area (Å²) >= 11 is 0. The first-order chi connectivity index (χ1) is 9.93. The normalized spacial score (nSPS) is 15.4. The molecule has 0 saturated carbocycles. The van der Waals surface area contributed by atoms with E-state index in [0.29, 0.717) is 19.6 Å². The van der Waals surface area contributed by atoms with Crippen LogP contribution >= 0.6 is 0 Å². The highest BCUT2D eigenvalue weighted by Crippen LogP contribution is 2.34. The molecule has 2 rings (SSSR count). The van der Waals surface area contributed by atoms with Gasteiger partial charge in [0.15, 0.2) is 0 Å². The molecule has 2 N–H and O–H groups in total. The lowest BCUT2D eigenvalue weighted by atomic mass is 10.1. The Morgan fingerprint density at radius 1 is 1.38 bits per heavy atom. The first-order valence-electron chi connectivity index (χ1n) is 6.88. The van der Waals surface area contributed by atoms with Crippen molar-refractivity contribution in [2.24, 2.45) is 0 Å². The molecule has 0 spiro atoms. The Morgan fingerprint density at radius 3 is 2.57 bits per heavy atom. The van der Waals surface area contributed by atoms with Crippen LogP contribution in [0.2, 0.25) is 0 Å². The van der Waals surface area contributed by atoms with Crippen LogP contribution in [0.5, 0.6) is 0 Å². The van der Waals surface area contributed by atoms with Crippen molar-refractivity contribution in [3.63, 3.8) is 0 Å². The number of carbonyl (C=O) groups excluding carboxylic acids is 1. The fourth-order valence-electron chi connectivity index (χ4n) is 2.21. The van der Waals surface area contributed by atoms with Gasteiger partial charge in [0.1, 0.15) is 0 Å². The smallest absolute Gasteiger partial charge is 0.319 e. The van der Waals surface area contributed by atoms with Gasteiger partial charge in [0.2, 0.25) is 0 Å². The summed E-state index contributed by atoms with van der Waals surface area (Å²) in [5.41, 5.74) is -1.04. The SMILES string of the molecule is CCCN(C(=O)Nc1ccccc1C(F)(F)F)C1CNC1. The van der Waals surface area contributed by atoms with Crippen LogP contribution < -0.4 is 10.6 Å². The molecule has 1 aromatic carbocycles. The van der Waals surface area contributed by atoms with Crippen LogP contribution in [-0.2, 0) is 6.18 Å². The average Bonchev–Trinajstić information content (AvgIpc) is 2.35. The Balaban J connectivity index is 2.14. The Labute approximate surface area is 121 Å². The summed E-state index contributed by atoms with van der Waals surface area (Å²) in [4.78, 5) is 13.8. The number of rotatable bonds is 4. The number of alkyl halides is 3. The van der Waals surface area contributed by atoms with Gasteiger partial charge in [-0.1, -0.05) is 19.1 Å². The molecular weight excluding hydrogens is 283 g/mol. The number of para-hydroxylation sites is 1. The first kappa shape index (κ1) is 15.6. The van der Waals surface area contributed by atoms with E-state index in [1.165, 1.54) is 18.2 Å². The minimum absolute atomic E-state index is 0.0444. The van der Waals surface area contributed by atoms with Gasteiger partial charge in [0, 0.05) is 19.6 Å². The van der Waals surface area contributed by atoms with Crippen LogP contribution in [0.4, 0.5) is 23.7 Å². The number of nitrogens with one attached hydrogen (secondary N) is 2. The maximum absolute atomic E-state index is 12.9. The average molecular weight is 301 g/mol. The molecule has 116 valence electrons. The number of hydrogen-bond donors (Lipinski definition) is 2. The van der Waals surface area contributed by atoms with E-state index in [0.717, 1.165) is 12.5 Å². The number of anilines is 1. The lowest BCUT2D eigenvalue weighted by molar-refractivity contribution is -0.136. The minimum Gasteiger partial charge on any atom is -0.319 e. The molecule has 0 bridgehead atoms. The van der Waals surface area contributed by atoms with E-state index in [1.54, 1.807) is 4.90 Å². The van der Waals surface area contributed by atoms with Gasteiger partial charge < -0.3 is 15.5 Å². The molecule has 1 fully saturated rings. The minimum atomic E-state index is -4.49. The van der Waals surface area contributed by atoms with Crippen LogP contribution in [-0.4, -0.2) is 36.6 Å².